The molecule has 1 aliphatic heterocycles. The summed E-state index contributed by atoms with van der Waals surface area (Å²) in [5.41, 5.74) is 3.71. The second-order valence-electron chi connectivity index (χ2n) is 6.08. The highest BCUT2D eigenvalue weighted by Gasteiger charge is 2.23. The van der Waals surface area contributed by atoms with Crippen molar-refractivity contribution in [3.05, 3.63) is 29.3 Å². The van der Waals surface area contributed by atoms with Crippen LogP contribution in [0.2, 0.25) is 0 Å². The Bertz CT molecular complexity index is 460. The van der Waals surface area contributed by atoms with Gasteiger partial charge in [-0.25, -0.2) is 0 Å². The Morgan fingerprint density at radius 3 is 2.37 bits per heavy atom. The summed E-state index contributed by atoms with van der Waals surface area (Å²) in [5.74, 6) is 1.45. The molecule has 19 heavy (non-hydrogen) atoms. The number of nitrogens with zero attached hydrogens (tertiary/aromatic N) is 1. The van der Waals surface area contributed by atoms with Gasteiger partial charge in [-0.1, -0.05) is 19.9 Å². The number of nitrogens with one attached hydrogen (secondary N) is 1. The summed E-state index contributed by atoms with van der Waals surface area (Å²) >= 11 is 5.55. The van der Waals surface area contributed by atoms with Crippen LogP contribution in [0.4, 0.5) is 5.69 Å². The fourth-order valence-corrected chi connectivity index (χ4v) is 3.12. The molecule has 1 aromatic rings. The third kappa shape index (κ3) is 3.69. The number of anilines is 1. The molecule has 0 spiro atoms. The highest BCUT2D eigenvalue weighted by molar-refractivity contribution is 7.80. The molecule has 1 fully saturated rings. The first-order valence-electron chi connectivity index (χ1n) is 7.09. The van der Waals surface area contributed by atoms with Gasteiger partial charge in [0.15, 0.2) is 5.11 Å². The van der Waals surface area contributed by atoms with Gasteiger partial charge in [-0.2, -0.15) is 0 Å². The fraction of sp³-hybridized carbons (Fsp3) is 0.562. The average molecular weight is 276 g/mol. The first-order chi connectivity index (χ1) is 8.95. The second kappa shape index (κ2) is 5.91. The van der Waals surface area contributed by atoms with Gasteiger partial charge in [-0.3, -0.25) is 0 Å². The smallest absolute Gasteiger partial charge is 0.173 e. The SMILES string of the molecule is Cc1ccc(NC(=S)N2C[C@H](C)C[C@H](C)C2)cc1C. The van der Waals surface area contributed by atoms with Gasteiger partial charge >= 0.3 is 0 Å². The van der Waals surface area contributed by atoms with Gasteiger partial charge in [0.05, 0.1) is 0 Å². The fourth-order valence-electron chi connectivity index (χ4n) is 2.85. The number of hydrogen-bond acceptors (Lipinski definition) is 1. The highest BCUT2D eigenvalue weighted by Crippen LogP contribution is 2.22. The molecule has 0 unspecified atom stereocenters. The first-order valence-corrected chi connectivity index (χ1v) is 7.49. The quantitative estimate of drug-likeness (QED) is 0.781. The predicted octanol–water partition coefficient (Wildman–Crippen LogP) is 3.98. The lowest BCUT2D eigenvalue weighted by atomic mass is 9.92. The van der Waals surface area contributed by atoms with E-state index in [9.17, 15) is 0 Å². The number of benzene rings is 1. The monoisotopic (exact) mass is 276 g/mol. The van der Waals surface area contributed by atoms with Crippen molar-refractivity contribution in [1.29, 1.82) is 0 Å². The lowest BCUT2D eigenvalue weighted by Gasteiger charge is -2.36. The Morgan fingerprint density at radius 2 is 1.79 bits per heavy atom. The molecule has 2 atom stereocenters. The Morgan fingerprint density at radius 1 is 1.16 bits per heavy atom. The number of piperidine rings is 1. The maximum atomic E-state index is 5.55. The molecule has 0 saturated carbocycles. The molecule has 1 heterocycles. The molecular weight excluding hydrogens is 252 g/mol. The van der Waals surface area contributed by atoms with Crippen LogP contribution in [0.25, 0.3) is 0 Å². The number of aryl methyl sites for hydroxylation is 2. The predicted molar refractivity (Wildman–Crippen MR) is 86.7 cm³/mol. The van der Waals surface area contributed by atoms with E-state index in [4.69, 9.17) is 12.2 Å². The molecule has 0 aromatic heterocycles. The number of thiocarbonyl (C=S) groups is 1. The van der Waals surface area contributed by atoms with E-state index in [2.05, 4.69) is 56.1 Å². The topological polar surface area (TPSA) is 15.3 Å². The molecule has 1 saturated heterocycles. The van der Waals surface area contributed by atoms with Gasteiger partial charge in [-0.05, 0) is 67.6 Å². The lowest BCUT2D eigenvalue weighted by Crippen LogP contribution is -2.44. The molecule has 1 aromatic carbocycles. The molecule has 1 aliphatic rings. The van der Waals surface area contributed by atoms with E-state index < -0.39 is 0 Å². The van der Waals surface area contributed by atoms with Gasteiger partial charge in [0.1, 0.15) is 0 Å². The third-order valence-electron chi connectivity index (χ3n) is 3.91. The van der Waals surface area contributed by atoms with Gasteiger partial charge in [0.25, 0.3) is 0 Å². The van der Waals surface area contributed by atoms with Crippen LogP contribution in [0.15, 0.2) is 18.2 Å². The van der Waals surface area contributed by atoms with Crippen molar-refractivity contribution in [2.45, 2.75) is 34.1 Å². The molecule has 0 bridgehead atoms. The summed E-state index contributed by atoms with van der Waals surface area (Å²) in [6.45, 7) is 11.0. The van der Waals surface area contributed by atoms with E-state index in [1.54, 1.807) is 0 Å². The minimum absolute atomic E-state index is 0.725. The average Bonchev–Trinajstić information content (AvgIpc) is 2.32. The zero-order valence-corrected chi connectivity index (χ0v) is 13.2. The van der Waals surface area contributed by atoms with Gasteiger partial charge < -0.3 is 10.2 Å². The molecule has 104 valence electrons. The summed E-state index contributed by atoms with van der Waals surface area (Å²) in [7, 11) is 0. The molecule has 0 radical (unpaired) electrons. The van der Waals surface area contributed by atoms with Crippen LogP contribution >= 0.6 is 12.2 Å². The van der Waals surface area contributed by atoms with Gasteiger partial charge in [0, 0.05) is 18.8 Å². The van der Waals surface area contributed by atoms with E-state index in [-0.39, 0.29) is 0 Å². The summed E-state index contributed by atoms with van der Waals surface area (Å²) in [6, 6.07) is 6.41. The molecule has 2 nitrogen and oxygen atoms in total. The summed E-state index contributed by atoms with van der Waals surface area (Å²) in [4.78, 5) is 2.31. The van der Waals surface area contributed by atoms with Crippen LogP contribution in [0, 0.1) is 25.7 Å². The van der Waals surface area contributed by atoms with Gasteiger partial charge in [-0.15, -0.1) is 0 Å². The first kappa shape index (κ1) is 14.3. The van der Waals surface area contributed by atoms with Crippen molar-refractivity contribution >= 4 is 23.0 Å². The summed E-state index contributed by atoms with van der Waals surface area (Å²) in [5, 5.41) is 4.24. The van der Waals surface area contributed by atoms with Crippen molar-refractivity contribution in [3.63, 3.8) is 0 Å². The zero-order valence-electron chi connectivity index (χ0n) is 12.4. The van der Waals surface area contributed by atoms with Crippen molar-refractivity contribution < 1.29 is 0 Å². The summed E-state index contributed by atoms with van der Waals surface area (Å²) < 4.78 is 0. The normalized spacial score (nSPS) is 23.3. The number of hydrogen-bond donors (Lipinski definition) is 1. The van der Waals surface area contributed by atoms with Crippen LogP contribution in [0.5, 0.6) is 0 Å². The second-order valence-corrected chi connectivity index (χ2v) is 6.47. The maximum Gasteiger partial charge on any atom is 0.173 e. The van der Waals surface area contributed by atoms with Gasteiger partial charge in [0.2, 0.25) is 0 Å². The maximum absolute atomic E-state index is 5.55. The van der Waals surface area contributed by atoms with Crippen LogP contribution in [0.3, 0.4) is 0 Å². The van der Waals surface area contributed by atoms with Crippen molar-refractivity contribution in [3.8, 4) is 0 Å². The largest absolute Gasteiger partial charge is 0.348 e. The van der Waals surface area contributed by atoms with E-state index in [0.717, 1.165) is 35.7 Å². The Balaban J connectivity index is 2.02. The van der Waals surface area contributed by atoms with Crippen LogP contribution in [0.1, 0.15) is 31.4 Å². The van der Waals surface area contributed by atoms with E-state index in [1.807, 2.05) is 0 Å². The zero-order chi connectivity index (χ0) is 14.0. The Hall–Kier alpha value is -1.09. The van der Waals surface area contributed by atoms with Crippen molar-refractivity contribution in [2.75, 3.05) is 18.4 Å². The summed E-state index contributed by atoms with van der Waals surface area (Å²) in [6.07, 6.45) is 1.31. The van der Waals surface area contributed by atoms with Crippen LogP contribution < -0.4 is 5.32 Å². The third-order valence-corrected chi connectivity index (χ3v) is 4.27. The van der Waals surface area contributed by atoms with E-state index in [0.29, 0.717) is 0 Å². The van der Waals surface area contributed by atoms with Crippen LogP contribution in [-0.2, 0) is 0 Å². The molecule has 0 amide bonds. The van der Waals surface area contributed by atoms with Crippen molar-refractivity contribution in [2.24, 2.45) is 11.8 Å². The molecule has 0 aliphatic carbocycles. The van der Waals surface area contributed by atoms with Crippen molar-refractivity contribution in [1.82, 2.24) is 4.90 Å². The molecule has 3 heteroatoms. The van der Waals surface area contributed by atoms with Crippen LogP contribution in [-0.4, -0.2) is 23.1 Å². The highest BCUT2D eigenvalue weighted by atomic mass is 32.1. The number of rotatable bonds is 1. The standard InChI is InChI=1S/C16H24N2S/c1-11-7-12(2)10-18(9-11)16(19)17-15-6-5-13(3)14(4)8-15/h5-6,8,11-12H,7,9-10H2,1-4H3,(H,17,19)/t11-,12+. The Labute approximate surface area is 122 Å². The molecule has 2 rings (SSSR count). The molecular formula is C16H24N2S. The Kier molecular flexibility index (Phi) is 4.46. The minimum atomic E-state index is 0.725. The van der Waals surface area contributed by atoms with E-state index >= 15 is 0 Å². The minimum Gasteiger partial charge on any atom is -0.348 e. The lowest BCUT2D eigenvalue weighted by molar-refractivity contribution is 0.216. The molecule has 1 N–H and O–H groups in total. The number of likely N-dealkylation sites (tertiary alicyclic amines) is 1. The van der Waals surface area contributed by atoms with E-state index in [1.165, 1.54) is 17.5 Å².